The molecule has 0 aliphatic carbocycles. The monoisotopic (exact) mass is 289 g/mol. The predicted molar refractivity (Wildman–Crippen MR) is 84.2 cm³/mol. The van der Waals surface area contributed by atoms with Crippen LogP contribution in [0.5, 0.6) is 0 Å². The van der Waals surface area contributed by atoms with Gasteiger partial charge in [0.25, 0.3) is 0 Å². The maximum absolute atomic E-state index is 11.4. The van der Waals surface area contributed by atoms with Crippen LogP contribution in [0.3, 0.4) is 0 Å². The summed E-state index contributed by atoms with van der Waals surface area (Å²) in [7, 11) is 0. The van der Waals surface area contributed by atoms with E-state index in [0.717, 1.165) is 12.1 Å². The number of H-pyrrole nitrogens is 1. The zero-order valence-corrected chi connectivity index (χ0v) is 12.8. The Morgan fingerprint density at radius 2 is 2.05 bits per heavy atom. The average Bonchev–Trinajstić information content (AvgIpc) is 2.83. The summed E-state index contributed by atoms with van der Waals surface area (Å²) in [6.07, 6.45) is 1.56. The van der Waals surface area contributed by atoms with Crippen LogP contribution in [0.15, 0.2) is 30.5 Å². The van der Waals surface area contributed by atoms with Gasteiger partial charge in [-0.2, -0.15) is 0 Å². The lowest BCUT2D eigenvalue weighted by atomic mass is 10.1. The topological polar surface area (TPSA) is 66.2 Å². The van der Waals surface area contributed by atoms with Gasteiger partial charge in [-0.05, 0) is 49.9 Å². The Morgan fingerprint density at radius 1 is 1.24 bits per heavy atom. The van der Waals surface area contributed by atoms with E-state index >= 15 is 0 Å². The molecule has 21 heavy (non-hydrogen) atoms. The van der Waals surface area contributed by atoms with Crippen LogP contribution >= 0.6 is 0 Å². The first-order chi connectivity index (χ1) is 9.94. The van der Waals surface area contributed by atoms with Crippen LogP contribution in [0.25, 0.3) is 10.9 Å². The fourth-order valence-electron chi connectivity index (χ4n) is 2.01. The average molecular weight is 289 g/mol. The summed E-state index contributed by atoms with van der Waals surface area (Å²) < 4.78 is 5.16. The van der Waals surface area contributed by atoms with Gasteiger partial charge in [0.1, 0.15) is 5.60 Å². The third-order valence-corrected chi connectivity index (χ3v) is 2.92. The third-order valence-electron chi connectivity index (χ3n) is 2.92. The van der Waals surface area contributed by atoms with Gasteiger partial charge in [-0.25, -0.2) is 4.79 Å². The van der Waals surface area contributed by atoms with Crippen molar-refractivity contribution in [3.63, 3.8) is 0 Å². The van der Waals surface area contributed by atoms with Crippen LogP contribution in [0, 0.1) is 0 Å². The van der Waals surface area contributed by atoms with Gasteiger partial charge in [-0.1, -0.05) is 6.07 Å². The lowest BCUT2D eigenvalue weighted by molar-refractivity contribution is 0.0528. The number of nitrogens with one attached hydrogen (secondary N) is 3. The smallest absolute Gasteiger partial charge is 0.407 e. The van der Waals surface area contributed by atoms with E-state index < -0.39 is 5.60 Å². The number of carbonyl (C=O) groups is 1. The normalized spacial score (nSPS) is 11.6. The minimum Gasteiger partial charge on any atom is -0.444 e. The molecule has 0 aliphatic heterocycles. The number of aromatic nitrogens is 1. The Hall–Kier alpha value is -2.01. The van der Waals surface area contributed by atoms with E-state index in [1.165, 1.54) is 10.9 Å². The highest BCUT2D eigenvalue weighted by Gasteiger charge is 2.15. The molecule has 2 aromatic rings. The van der Waals surface area contributed by atoms with Crippen LogP contribution < -0.4 is 10.6 Å². The zero-order valence-electron chi connectivity index (χ0n) is 12.8. The number of carbonyl (C=O) groups excluding carboxylic acids is 1. The first-order valence-corrected chi connectivity index (χ1v) is 7.18. The third kappa shape index (κ3) is 5.11. The molecule has 0 radical (unpaired) electrons. The number of aromatic amines is 1. The molecule has 1 heterocycles. The molecule has 0 saturated heterocycles. The van der Waals surface area contributed by atoms with Gasteiger partial charge >= 0.3 is 6.09 Å². The largest absolute Gasteiger partial charge is 0.444 e. The van der Waals surface area contributed by atoms with Crippen molar-refractivity contribution in [1.82, 2.24) is 15.6 Å². The Morgan fingerprint density at radius 3 is 2.81 bits per heavy atom. The molecular formula is C16H23N3O2. The highest BCUT2D eigenvalue weighted by Crippen LogP contribution is 2.13. The fraction of sp³-hybridized carbons (Fsp3) is 0.438. The number of benzene rings is 1. The number of amides is 1. The van der Waals surface area contributed by atoms with Gasteiger partial charge in [0.05, 0.1) is 0 Å². The molecule has 5 heteroatoms. The molecule has 1 aromatic heterocycles. The first kappa shape index (κ1) is 15.4. The fourth-order valence-corrected chi connectivity index (χ4v) is 2.01. The number of ether oxygens (including phenoxy) is 1. The van der Waals surface area contributed by atoms with Crippen molar-refractivity contribution in [2.45, 2.75) is 32.9 Å². The van der Waals surface area contributed by atoms with E-state index in [9.17, 15) is 4.79 Å². The molecule has 5 nitrogen and oxygen atoms in total. The van der Waals surface area contributed by atoms with Gasteiger partial charge in [-0.15, -0.1) is 0 Å². The minimum absolute atomic E-state index is 0.377. The quantitative estimate of drug-likeness (QED) is 0.742. The molecule has 114 valence electrons. The van der Waals surface area contributed by atoms with E-state index in [4.69, 9.17) is 4.74 Å². The van der Waals surface area contributed by atoms with Crippen molar-refractivity contribution in [3.05, 3.63) is 36.0 Å². The Kier molecular flexibility index (Phi) is 4.85. The maximum atomic E-state index is 11.4. The number of fused-ring (bicyclic) bond motifs is 1. The molecule has 0 bridgehead atoms. The maximum Gasteiger partial charge on any atom is 0.407 e. The number of alkyl carbamates (subject to hydrolysis) is 1. The van der Waals surface area contributed by atoms with Gasteiger partial charge in [-0.3, -0.25) is 0 Å². The standard InChI is InChI=1S/C16H23N3O2/c1-16(2,3)21-15(20)19-9-8-17-11-12-4-5-14-13(10-12)6-7-18-14/h4-7,10,17-18H,8-9,11H2,1-3H3,(H,19,20). The summed E-state index contributed by atoms with van der Waals surface area (Å²) in [5, 5.41) is 7.23. The van der Waals surface area contributed by atoms with Crippen molar-refractivity contribution in [2.75, 3.05) is 13.1 Å². The molecule has 1 amide bonds. The second-order valence-corrected chi connectivity index (χ2v) is 6.00. The SMILES string of the molecule is CC(C)(C)OC(=O)NCCNCc1ccc2[nH]ccc2c1. The van der Waals surface area contributed by atoms with Crippen molar-refractivity contribution in [2.24, 2.45) is 0 Å². The zero-order chi connectivity index (χ0) is 15.3. The summed E-state index contributed by atoms with van der Waals surface area (Å²) in [6, 6.07) is 8.38. The van der Waals surface area contributed by atoms with Crippen molar-refractivity contribution in [3.8, 4) is 0 Å². The number of hydrogen-bond donors (Lipinski definition) is 3. The van der Waals surface area contributed by atoms with Crippen molar-refractivity contribution >= 4 is 17.0 Å². The van der Waals surface area contributed by atoms with Gasteiger partial charge in [0, 0.05) is 31.3 Å². The van der Waals surface area contributed by atoms with E-state index in [-0.39, 0.29) is 6.09 Å². The van der Waals surface area contributed by atoms with Gasteiger partial charge < -0.3 is 20.4 Å². The van der Waals surface area contributed by atoms with Crippen molar-refractivity contribution < 1.29 is 9.53 Å². The van der Waals surface area contributed by atoms with E-state index in [0.29, 0.717) is 13.1 Å². The molecule has 0 aliphatic rings. The van der Waals surface area contributed by atoms with Crippen LogP contribution in [-0.4, -0.2) is 29.8 Å². The minimum atomic E-state index is -0.455. The molecule has 0 atom stereocenters. The van der Waals surface area contributed by atoms with Gasteiger partial charge in [0.2, 0.25) is 0 Å². The van der Waals surface area contributed by atoms with E-state index in [2.05, 4.69) is 39.9 Å². The highest BCUT2D eigenvalue weighted by atomic mass is 16.6. The summed E-state index contributed by atoms with van der Waals surface area (Å²) in [5.41, 5.74) is 1.91. The summed E-state index contributed by atoms with van der Waals surface area (Å²) in [5.74, 6) is 0. The van der Waals surface area contributed by atoms with Gasteiger partial charge in [0.15, 0.2) is 0 Å². The molecule has 3 N–H and O–H groups in total. The molecule has 2 rings (SSSR count). The molecule has 1 aromatic carbocycles. The lowest BCUT2D eigenvalue weighted by Crippen LogP contribution is -2.36. The Labute approximate surface area is 125 Å². The highest BCUT2D eigenvalue weighted by molar-refractivity contribution is 5.79. The van der Waals surface area contributed by atoms with Crippen LogP contribution in [-0.2, 0) is 11.3 Å². The predicted octanol–water partition coefficient (Wildman–Crippen LogP) is 2.78. The molecular weight excluding hydrogens is 266 g/mol. The molecule has 0 unspecified atom stereocenters. The lowest BCUT2D eigenvalue weighted by Gasteiger charge is -2.19. The van der Waals surface area contributed by atoms with Crippen LogP contribution in [0.2, 0.25) is 0 Å². The van der Waals surface area contributed by atoms with Crippen molar-refractivity contribution in [1.29, 1.82) is 0 Å². The van der Waals surface area contributed by atoms with Crippen LogP contribution in [0.4, 0.5) is 4.79 Å². The number of rotatable bonds is 5. The Balaban J connectivity index is 1.66. The van der Waals surface area contributed by atoms with E-state index in [1.807, 2.05) is 27.0 Å². The molecule has 0 fully saturated rings. The Bertz CT molecular complexity index is 599. The second-order valence-electron chi connectivity index (χ2n) is 6.00. The molecule has 0 spiro atoms. The first-order valence-electron chi connectivity index (χ1n) is 7.18. The van der Waals surface area contributed by atoms with Crippen LogP contribution in [0.1, 0.15) is 26.3 Å². The summed E-state index contributed by atoms with van der Waals surface area (Å²) >= 11 is 0. The number of hydrogen-bond acceptors (Lipinski definition) is 3. The molecule has 0 saturated carbocycles. The second kappa shape index (κ2) is 6.63. The van der Waals surface area contributed by atoms with E-state index in [1.54, 1.807) is 0 Å². The summed E-state index contributed by atoms with van der Waals surface area (Å²) in [6.45, 7) is 7.56. The summed E-state index contributed by atoms with van der Waals surface area (Å²) in [4.78, 5) is 14.6.